The van der Waals surface area contributed by atoms with Crippen LogP contribution in [0.3, 0.4) is 0 Å². The monoisotopic (exact) mass is 357 g/mol. The molecule has 26 heavy (non-hydrogen) atoms. The summed E-state index contributed by atoms with van der Waals surface area (Å²) in [5.41, 5.74) is 2.23. The van der Waals surface area contributed by atoms with Crippen molar-refractivity contribution in [3.05, 3.63) is 53.9 Å². The zero-order valence-electron chi connectivity index (χ0n) is 15.5. The second-order valence-electron chi connectivity index (χ2n) is 6.52. The van der Waals surface area contributed by atoms with Gasteiger partial charge in [-0.15, -0.1) is 0 Å². The van der Waals surface area contributed by atoms with Crippen LogP contribution in [0, 0.1) is 0 Å². The van der Waals surface area contributed by atoms with E-state index in [0.29, 0.717) is 6.61 Å². The van der Waals surface area contributed by atoms with Crippen molar-refractivity contribution in [1.29, 1.82) is 0 Å². The van der Waals surface area contributed by atoms with Gasteiger partial charge in [0.1, 0.15) is 6.61 Å². The SMILES string of the molecule is COc1cc(CNC[C@@H]2CN(C)CCO2)ccc1OCc1ccncc1. The molecular weight excluding hydrogens is 330 g/mol. The second-order valence-corrected chi connectivity index (χ2v) is 6.52. The maximum absolute atomic E-state index is 5.88. The lowest BCUT2D eigenvalue weighted by Gasteiger charge is -2.30. The lowest BCUT2D eigenvalue weighted by Crippen LogP contribution is -2.44. The quantitative estimate of drug-likeness (QED) is 0.781. The van der Waals surface area contributed by atoms with Gasteiger partial charge < -0.3 is 24.4 Å². The molecule has 0 aliphatic carbocycles. The molecule has 1 aliphatic rings. The highest BCUT2D eigenvalue weighted by atomic mass is 16.5. The Bertz CT molecular complexity index is 681. The molecule has 6 nitrogen and oxygen atoms in total. The maximum Gasteiger partial charge on any atom is 0.161 e. The van der Waals surface area contributed by atoms with E-state index in [1.165, 1.54) is 0 Å². The molecule has 0 bridgehead atoms. The number of likely N-dealkylation sites (N-methyl/N-ethyl adjacent to an activating group) is 1. The summed E-state index contributed by atoms with van der Waals surface area (Å²) in [5, 5.41) is 3.47. The predicted octanol–water partition coefficient (Wildman–Crippen LogP) is 2.09. The highest BCUT2D eigenvalue weighted by molar-refractivity contribution is 5.43. The zero-order chi connectivity index (χ0) is 18.2. The van der Waals surface area contributed by atoms with E-state index in [1.807, 2.05) is 24.3 Å². The molecule has 1 atom stereocenters. The summed E-state index contributed by atoms with van der Waals surface area (Å²) in [7, 11) is 3.79. The number of aromatic nitrogens is 1. The maximum atomic E-state index is 5.88. The van der Waals surface area contributed by atoms with Crippen LogP contribution in [0.1, 0.15) is 11.1 Å². The molecule has 0 unspecified atom stereocenters. The number of benzene rings is 1. The van der Waals surface area contributed by atoms with Crippen LogP contribution >= 0.6 is 0 Å². The van der Waals surface area contributed by atoms with Crippen molar-refractivity contribution in [2.75, 3.05) is 40.4 Å². The molecule has 6 heteroatoms. The largest absolute Gasteiger partial charge is 0.493 e. The van der Waals surface area contributed by atoms with Gasteiger partial charge in [-0.1, -0.05) is 6.07 Å². The van der Waals surface area contributed by atoms with Crippen molar-refractivity contribution in [2.45, 2.75) is 19.3 Å². The second kappa shape index (κ2) is 9.52. The molecule has 0 spiro atoms. The Morgan fingerprint density at radius 3 is 2.81 bits per heavy atom. The smallest absolute Gasteiger partial charge is 0.161 e. The third-order valence-electron chi connectivity index (χ3n) is 4.41. The van der Waals surface area contributed by atoms with E-state index in [9.17, 15) is 0 Å². The summed E-state index contributed by atoms with van der Waals surface area (Å²) in [6.07, 6.45) is 3.77. The first-order chi connectivity index (χ1) is 12.7. The molecule has 0 amide bonds. The van der Waals surface area contributed by atoms with E-state index in [2.05, 4.69) is 28.3 Å². The number of methoxy groups -OCH3 is 1. The van der Waals surface area contributed by atoms with Gasteiger partial charge in [-0.2, -0.15) is 0 Å². The summed E-state index contributed by atoms with van der Waals surface area (Å²) in [4.78, 5) is 6.31. The Balaban J connectivity index is 1.51. The molecule has 140 valence electrons. The Morgan fingerprint density at radius 1 is 1.19 bits per heavy atom. The number of nitrogens with zero attached hydrogens (tertiary/aromatic N) is 2. The number of pyridine rings is 1. The van der Waals surface area contributed by atoms with Crippen LogP contribution in [-0.4, -0.2) is 56.4 Å². The Morgan fingerprint density at radius 2 is 2.04 bits per heavy atom. The highest BCUT2D eigenvalue weighted by Crippen LogP contribution is 2.28. The number of rotatable bonds is 8. The van der Waals surface area contributed by atoms with Crippen LogP contribution in [0.15, 0.2) is 42.7 Å². The number of nitrogens with one attached hydrogen (secondary N) is 1. The Labute approximate surface area is 155 Å². The van der Waals surface area contributed by atoms with Gasteiger partial charge >= 0.3 is 0 Å². The molecule has 0 saturated carbocycles. The van der Waals surface area contributed by atoms with Gasteiger partial charge in [-0.25, -0.2) is 0 Å². The van der Waals surface area contributed by atoms with Crippen LogP contribution < -0.4 is 14.8 Å². The lowest BCUT2D eigenvalue weighted by atomic mass is 10.2. The molecule has 1 aromatic carbocycles. The summed E-state index contributed by atoms with van der Waals surface area (Å²) in [5.74, 6) is 1.48. The van der Waals surface area contributed by atoms with E-state index in [0.717, 1.165) is 55.4 Å². The molecule has 0 radical (unpaired) electrons. The minimum absolute atomic E-state index is 0.249. The summed E-state index contributed by atoms with van der Waals surface area (Å²) < 4.78 is 17.1. The van der Waals surface area contributed by atoms with Crippen LogP contribution in [0.25, 0.3) is 0 Å². The first-order valence-corrected chi connectivity index (χ1v) is 8.94. The third-order valence-corrected chi connectivity index (χ3v) is 4.41. The average Bonchev–Trinajstić information content (AvgIpc) is 2.67. The first-order valence-electron chi connectivity index (χ1n) is 8.94. The van der Waals surface area contributed by atoms with Crippen LogP contribution in [0.5, 0.6) is 11.5 Å². The van der Waals surface area contributed by atoms with E-state index < -0.39 is 0 Å². The molecule has 1 N–H and O–H groups in total. The van der Waals surface area contributed by atoms with E-state index in [4.69, 9.17) is 14.2 Å². The van der Waals surface area contributed by atoms with Gasteiger partial charge in [0.2, 0.25) is 0 Å². The zero-order valence-corrected chi connectivity index (χ0v) is 15.5. The van der Waals surface area contributed by atoms with Gasteiger partial charge in [0.05, 0.1) is 19.8 Å². The molecule has 1 fully saturated rings. The highest BCUT2D eigenvalue weighted by Gasteiger charge is 2.17. The molecule has 3 rings (SSSR count). The van der Waals surface area contributed by atoms with Gasteiger partial charge in [-0.05, 0) is 42.4 Å². The van der Waals surface area contributed by atoms with Gasteiger partial charge in [-0.3, -0.25) is 4.98 Å². The molecule has 1 aromatic heterocycles. The Kier molecular flexibility index (Phi) is 6.82. The average molecular weight is 357 g/mol. The van der Waals surface area contributed by atoms with Gasteiger partial charge in [0, 0.05) is 38.6 Å². The molecule has 1 saturated heterocycles. The first kappa shape index (κ1) is 18.6. The van der Waals surface area contributed by atoms with E-state index in [1.54, 1.807) is 19.5 Å². The summed E-state index contributed by atoms with van der Waals surface area (Å²) in [6.45, 7) is 4.88. The van der Waals surface area contributed by atoms with Crippen LogP contribution in [0.2, 0.25) is 0 Å². The van der Waals surface area contributed by atoms with Crippen LogP contribution in [-0.2, 0) is 17.9 Å². The van der Waals surface area contributed by atoms with Gasteiger partial charge in [0.25, 0.3) is 0 Å². The number of hydrogen-bond donors (Lipinski definition) is 1. The van der Waals surface area contributed by atoms with Crippen molar-refractivity contribution in [3.63, 3.8) is 0 Å². The predicted molar refractivity (Wildman–Crippen MR) is 101 cm³/mol. The minimum atomic E-state index is 0.249. The van der Waals surface area contributed by atoms with Crippen LogP contribution in [0.4, 0.5) is 0 Å². The van der Waals surface area contributed by atoms with Crippen molar-refractivity contribution in [1.82, 2.24) is 15.2 Å². The molecular formula is C20H27N3O3. The van der Waals surface area contributed by atoms with Gasteiger partial charge in [0.15, 0.2) is 11.5 Å². The molecule has 1 aliphatic heterocycles. The fourth-order valence-corrected chi connectivity index (χ4v) is 2.95. The fraction of sp³-hybridized carbons (Fsp3) is 0.450. The van der Waals surface area contributed by atoms with Crippen molar-refractivity contribution < 1.29 is 14.2 Å². The summed E-state index contributed by atoms with van der Waals surface area (Å²) in [6, 6.07) is 9.92. The number of morpholine rings is 1. The Hall–Kier alpha value is -2.15. The molecule has 2 aromatic rings. The van der Waals surface area contributed by atoms with Crippen molar-refractivity contribution >= 4 is 0 Å². The topological polar surface area (TPSA) is 55.9 Å². The lowest BCUT2D eigenvalue weighted by molar-refractivity contribution is -0.0182. The normalized spacial score (nSPS) is 17.8. The van der Waals surface area contributed by atoms with Crippen molar-refractivity contribution in [3.8, 4) is 11.5 Å². The van der Waals surface area contributed by atoms with E-state index in [-0.39, 0.29) is 6.10 Å². The van der Waals surface area contributed by atoms with E-state index >= 15 is 0 Å². The minimum Gasteiger partial charge on any atom is -0.493 e. The molecule has 2 heterocycles. The number of ether oxygens (including phenoxy) is 3. The standard InChI is InChI=1S/C20H27N3O3/c1-23-9-10-25-18(14-23)13-22-12-17-3-4-19(20(11-17)24-2)26-15-16-5-7-21-8-6-16/h3-8,11,18,22H,9-10,12-15H2,1-2H3/t18-/m1/s1. The number of hydrogen-bond acceptors (Lipinski definition) is 6. The third kappa shape index (κ3) is 5.42. The van der Waals surface area contributed by atoms with Crippen molar-refractivity contribution in [2.24, 2.45) is 0 Å². The summed E-state index contributed by atoms with van der Waals surface area (Å²) >= 11 is 0. The fourth-order valence-electron chi connectivity index (χ4n) is 2.95.